The number of amides is 2. The number of hydrogen-bond donors (Lipinski definition) is 3. The molecule has 0 bridgehead atoms. The molecule has 0 rings (SSSR count). The summed E-state index contributed by atoms with van der Waals surface area (Å²) in [5.74, 6) is 0.297. The Morgan fingerprint density at radius 3 is 1.05 bits per heavy atom. The number of ether oxygens (including phenoxy) is 2. The molecule has 0 heterocycles. The normalized spacial score (nSPS) is 11.7. The zero-order valence-electron chi connectivity index (χ0n) is 40.3. The van der Waals surface area contributed by atoms with Crippen LogP contribution < -0.4 is 10.6 Å². The highest BCUT2D eigenvalue weighted by molar-refractivity contribution is 7.80. The second-order valence-corrected chi connectivity index (χ2v) is 18.6. The first-order valence-corrected chi connectivity index (χ1v) is 26.5. The third-order valence-corrected chi connectivity index (χ3v) is 12.0. The molecule has 366 valence electrons. The number of nitrogens with one attached hydrogen (secondary N) is 2. The highest BCUT2D eigenvalue weighted by atomic mass is 32.3. The van der Waals surface area contributed by atoms with E-state index < -0.39 is 10.4 Å². The molecule has 2 amide bonds. The maximum atomic E-state index is 12.6. The van der Waals surface area contributed by atoms with E-state index in [9.17, 15) is 22.6 Å². The van der Waals surface area contributed by atoms with Crippen molar-refractivity contribution in [2.75, 3.05) is 79.9 Å². The van der Waals surface area contributed by atoms with E-state index in [2.05, 4.69) is 35.7 Å². The third-order valence-electron chi connectivity index (χ3n) is 11.5. The van der Waals surface area contributed by atoms with Gasteiger partial charge in [-0.1, -0.05) is 194 Å². The van der Waals surface area contributed by atoms with Crippen LogP contribution in [0.15, 0.2) is 0 Å². The molecule has 0 aliphatic carbocycles. The molecule has 0 saturated heterocycles. The van der Waals surface area contributed by atoms with Crippen molar-refractivity contribution in [2.45, 2.75) is 219 Å². The molecular weight excluding hydrogens is 795 g/mol. The fraction of sp³-hybridized carbons (Fsp3) is 0.958. The van der Waals surface area contributed by atoms with Gasteiger partial charge < -0.3 is 34.2 Å². The van der Waals surface area contributed by atoms with Crippen LogP contribution in [-0.4, -0.2) is 114 Å². The Hall–Kier alpha value is -1.35. The fourth-order valence-corrected chi connectivity index (χ4v) is 7.43. The van der Waals surface area contributed by atoms with Gasteiger partial charge in [-0.25, -0.2) is 8.42 Å². The van der Waals surface area contributed by atoms with E-state index in [4.69, 9.17) is 14.6 Å². The first-order valence-electron chi connectivity index (χ1n) is 25.2. The number of aliphatic hydroxyl groups excluding tert-OH is 1. The van der Waals surface area contributed by atoms with Crippen LogP contribution in [0, 0.1) is 0 Å². The molecule has 0 atom stereocenters. The van der Waals surface area contributed by atoms with Crippen molar-refractivity contribution in [3.05, 3.63) is 0 Å². The van der Waals surface area contributed by atoms with E-state index >= 15 is 0 Å². The first kappa shape index (κ1) is 61.7. The predicted molar refractivity (Wildman–Crippen MR) is 251 cm³/mol. The SMILES string of the molecule is CCCCCCCCCCCCCCCCCC(=O)NCC[N+](C)(CCNC(=O)CCCCCCCCCCCCCCCCC)CCOCCOCCO.COS(=O)(=O)[O-]. The summed E-state index contributed by atoms with van der Waals surface area (Å²) >= 11 is 0. The number of nitrogens with zero attached hydrogens (tertiary/aromatic N) is 1. The minimum Gasteiger partial charge on any atom is -0.726 e. The van der Waals surface area contributed by atoms with E-state index in [0.717, 1.165) is 56.9 Å². The molecule has 0 radical (unpaired) electrons. The first-order chi connectivity index (χ1) is 29.5. The topological polar surface area (TPSA) is 163 Å². The molecule has 0 aromatic heterocycles. The van der Waals surface area contributed by atoms with Crippen molar-refractivity contribution in [2.24, 2.45) is 0 Å². The van der Waals surface area contributed by atoms with Gasteiger partial charge in [0.05, 0.1) is 73.4 Å². The molecule has 0 aromatic rings. The lowest BCUT2D eigenvalue weighted by molar-refractivity contribution is -0.907. The number of unbranched alkanes of at least 4 members (excludes halogenated alkanes) is 28. The average Bonchev–Trinajstić information content (AvgIpc) is 3.23. The second kappa shape index (κ2) is 48.1. The lowest BCUT2D eigenvalue weighted by Crippen LogP contribution is -2.53. The summed E-state index contributed by atoms with van der Waals surface area (Å²) in [5, 5.41) is 15.2. The minimum atomic E-state index is -4.41. The quantitative estimate of drug-likeness (QED) is 0.0234. The smallest absolute Gasteiger partial charge is 0.220 e. The summed E-state index contributed by atoms with van der Waals surface area (Å²) in [6, 6.07) is 0. The van der Waals surface area contributed by atoms with Crippen LogP contribution >= 0.6 is 0 Å². The van der Waals surface area contributed by atoms with E-state index in [1.165, 1.54) is 167 Å². The highest BCUT2D eigenvalue weighted by Crippen LogP contribution is 2.15. The Bertz CT molecular complexity index is 984. The van der Waals surface area contributed by atoms with Gasteiger partial charge in [0.25, 0.3) is 0 Å². The third kappa shape index (κ3) is 52.9. The number of hydrogen-bond acceptors (Lipinski definition) is 9. The molecule has 0 aliphatic heterocycles. The van der Waals surface area contributed by atoms with Crippen LogP contribution in [0.1, 0.15) is 219 Å². The van der Waals surface area contributed by atoms with Crippen LogP contribution in [0.5, 0.6) is 0 Å². The molecule has 0 spiro atoms. The van der Waals surface area contributed by atoms with E-state index in [1.807, 2.05) is 0 Å². The molecule has 0 aromatic carbocycles. The van der Waals surface area contributed by atoms with Gasteiger partial charge in [0.1, 0.15) is 6.54 Å². The standard InChI is InChI=1S/C47H95N3O5.CH4O4S/c1-4-6-8-10-12-14-16-18-20-22-24-26-28-30-32-34-46(52)48-36-38-50(3,40-42-54-44-45-55-43-41-51)39-37-49-47(53)35-33-31-29-27-25-23-21-19-17-15-13-11-9-7-5-2;1-5-6(2,3)4/h51H,4-45H2,1-3H3,(H-,48,49,52,53);1H3,(H,2,3,4). The Balaban J connectivity index is 0. The maximum Gasteiger partial charge on any atom is 0.220 e. The largest absolute Gasteiger partial charge is 0.726 e. The number of carbonyl (C=O) groups is 2. The van der Waals surface area contributed by atoms with Gasteiger partial charge in [-0.2, -0.15) is 0 Å². The number of quaternary nitrogens is 1. The number of carbonyl (C=O) groups excluding carboxylic acids is 2. The summed E-state index contributed by atoms with van der Waals surface area (Å²) < 4.78 is 42.9. The Morgan fingerprint density at radius 2 is 0.770 bits per heavy atom. The van der Waals surface area contributed by atoms with Gasteiger partial charge in [0.2, 0.25) is 22.2 Å². The van der Waals surface area contributed by atoms with Gasteiger partial charge in [-0.3, -0.25) is 13.8 Å². The molecule has 0 aliphatic rings. The van der Waals surface area contributed by atoms with Gasteiger partial charge in [0, 0.05) is 12.8 Å². The zero-order valence-corrected chi connectivity index (χ0v) is 41.1. The van der Waals surface area contributed by atoms with Crippen molar-refractivity contribution < 1.29 is 45.8 Å². The van der Waals surface area contributed by atoms with Crippen molar-refractivity contribution in [3.63, 3.8) is 0 Å². The predicted octanol–water partition coefficient (Wildman–Crippen LogP) is 10.3. The average molecular weight is 894 g/mol. The van der Waals surface area contributed by atoms with E-state index in [-0.39, 0.29) is 18.4 Å². The highest BCUT2D eigenvalue weighted by Gasteiger charge is 2.22. The number of likely N-dealkylation sites (N-methyl/N-ethyl adjacent to an activating group) is 1. The van der Waals surface area contributed by atoms with Crippen molar-refractivity contribution in [3.8, 4) is 0 Å². The van der Waals surface area contributed by atoms with Crippen LogP contribution in [0.25, 0.3) is 0 Å². The summed E-state index contributed by atoms with van der Waals surface area (Å²) in [5.41, 5.74) is 0. The lowest BCUT2D eigenvalue weighted by atomic mass is 10.0. The Labute approximate surface area is 376 Å². The van der Waals surface area contributed by atoms with E-state index in [0.29, 0.717) is 52.4 Å². The molecule has 0 fully saturated rings. The minimum absolute atomic E-state index is 0.0191. The van der Waals surface area contributed by atoms with Crippen LogP contribution in [0.3, 0.4) is 0 Å². The lowest BCUT2D eigenvalue weighted by Gasteiger charge is -2.34. The number of aliphatic hydroxyl groups is 1. The van der Waals surface area contributed by atoms with Crippen molar-refractivity contribution in [1.29, 1.82) is 0 Å². The van der Waals surface area contributed by atoms with Crippen molar-refractivity contribution in [1.82, 2.24) is 10.6 Å². The molecule has 12 nitrogen and oxygen atoms in total. The Morgan fingerprint density at radius 1 is 0.492 bits per heavy atom. The molecular formula is C48H99N3O9S. The van der Waals surface area contributed by atoms with Gasteiger partial charge in [-0.15, -0.1) is 0 Å². The molecule has 61 heavy (non-hydrogen) atoms. The van der Waals surface area contributed by atoms with Crippen molar-refractivity contribution >= 4 is 22.2 Å². The van der Waals surface area contributed by atoms with E-state index in [1.54, 1.807) is 0 Å². The summed E-state index contributed by atoms with van der Waals surface area (Å²) in [7, 11) is -1.42. The fourth-order valence-electron chi connectivity index (χ4n) is 7.43. The monoisotopic (exact) mass is 894 g/mol. The summed E-state index contributed by atoms with van der Waals surface area (Å²) in [4.78, 5) is 25.2. The molecule has 0 unspecified atom stereocenters. The summed E-state index contributed by atoms with van der Waals surface area (Å²) in [6.07, 6.45) is 41.0. The second-order valence-electron chi connectivity index (χ2n) is 17.4. The molecule has 0 saturated carbocycles. The van der Waals surface area contributed by atoms with Crippen LogP contribution in [-0.2, 0) is 33.6 Å². The van der Waals surface area contributed by atoms with Crippen LogP contribution in [0.4, 0.5) is 0 Å². The maximum absolute atomic E-state index is 12.6. The molecule has 3 N–H and O–H groups in total. The van der Waals surface area contributed by atoms with Crippen LogP contribution in [0.2, 0.25) is 0 Å². The summed E-state index contributed by atoms with van der Waals surface area (Å²) in [6.45, 7) is 10.1. The molecule has 13 heteroatoms. The van der Waals surface area contributed by atoms with Gasteiger partial charge in [-0.05, 0) is 12.8 Å². The zero-order chi connectivity index (χ0) is 45.4. The number of rotatable bonds is 47. The van der Waals surface area contributed by atoms with Gasteiger partial charge in [0.15, 0.2) is 0 Å². The van der Waals surface area contributed by atoms with Gasteiger partial charge >= 0.3 is 0 Å². The Kier molecular flexibility index (Phi) is 48.7.